The third-order valence-electron chi connectivity index (χ3n) is 1.92. The molecule has 0 saturated carbocycles. The van der Waals surface area contributed by atoms with E-state index < -0.39 is 21.5 Å². The zero-order valence-electron chi connectivity index (χ0n) is 10.4. The van der Waals surface area contributed by atoms with Crippen LogP contribution in [0.15, 0.2) is 0 Å². The summed E-state index contributed by atoms with van der Waals surface area (Å²) in [4.78, 5) is 11.2. The first-order chi connectivity index (χ1) is 7.68. The van der Waals surface area contributed by atoms with Crippen molar-refractivity contribution in [3.63, 3.8) is 0 Å². The van der Waals surface area contributed by atoms with Gasteiger partial charge in [0.25, 0.3) is 0 Å². The Morgan fingerprint density at radius 1 is 1.47 bits per heavy atom. The Kier molecular flexibility index (Phi) is 4.37. The number of nitrogens with one attached hydrogen (secondary N) is 1. The van der Waals surface area contributed by atoms with Crippen LogP contribution in [0, 0.1) is 0 Å². The number of alkyl carbamates (subject to hydrolysis) is 1. The predicted molar refractivity (Wildman–Crippen MR) is 62.6 cm³/mol. The topological polar surface area (TPSA) is 85.0 Å². The number of hydrogen-bond donors (Lipinski definition) is 1. The van der Waals surface area contributed by atoms with Crippen LogP contribution in [-0.4, -0.2) is 50.9 Å². The van der Waals surface area contributed by atoms with Gasteiger partial charge in [-0.25, -0.2) is 13.2 Å². The van der Waals surface area contributed by atoms with E-state index in [9.17, 15) is 13.2 Å². The molecule has 1 aliphatic heterocycles. The Labute approximate surface area is 102 Å². The van der Waals surface area contributed by atoms with Crippen molar-refractivity contribution in [3.8, 4) is 0 Å². The lowest BCUT2D eigenvalue weighted by Gasteiger charge is -2.19. The molecular formula is C10H19NO5S. The van der Waals surface area contributed by atoms with Crippen molar-refractivity contribution >= 4 is 15.9 Å². The second-order valence-electron chi connectivity index (χ2n) is 5.00. The molecule has 0 aliphatic carbocycles. The maximum Gasteiger partial charge on any atom is 0.407 e. The Hall–Kier alpha value is -0.820. The molecule has 1 unspecified atom stereocenters. The Morgan fingerprint density at radius 2 is 2.06 bits per heavy atom. The SMILES string of the molecule is CC(C)(C)OC(=O)NCCS(=O)(=O)CC1CO1. The van der Waals surface area contributed by atoms with Gasteiger partial charge in [0, 0.05) is 6.54 Å². The summed E-state index contributed by atoms with van der Waals surface area (Å²) >= 11 is 0. The lowest BCUT2D eigenvalue weighted by Crippen LogP contribution is -2.35. The van der Waals surface area contributed by atoms with Gasteiger partial charge in [0.15, 0.2) is 9.84 Å². The first kappa shape index (κ1) is 14.2. The number of ether oxygens (including phenoxy) is 2. The monoisotopic (exact) mass is 265 g/mol. The van der Waals surface area contributed by atoms with Gasteiger partial charge in [-0.15, -0.1) is 0 Å². The maximum absolute atomic E-state index is 11.5. The van der Waals surface area contributed by atoms with Gasteiger partial charge in [-0.2, -0.15) is 0 Å². The van der Waals surface area contributed by atoms with Crippen LogP contribution in [0.5, 0.6) is 0 Å². The molecule has 6 nitrogen and oxygen atoms in total. The van der Waals surface area contributed by atoms with Crippen LogP contribution < -0.4 is 5.32 Å². The van der Waals surface area contributed by atoms with E-state index in [1.807, 2.05) is 0 Å². The van der Waals surface area contributed by atoms with Crippen LogP contribution in [0.3, 0.4) is 0 Å². The van der Waals surface area contributed by atoms with Gasteiger partial charge in [0.1, 0.15) is 5.60 Å². The van der Waals surface area contributed by atoms with E-state index in [0.717, 1.165) is 0 Å². The summed E-state index contributed by atoms with van der Waals surface area (Å²) in [5.74, 6) is -0.0604. The van der Waals surface area contributed by atoms with Crippen molar-refractivity contribution < 1.29 is 22.7 Å². The van der Waals surface area contributed by atoms with Crippen molar-refractivity contribution in [2.24, 2.45) is 0 Å². The molecule has 1 heterocycles. The van der Waals surface area contributed by atoms with Crippen LogP contribution in [-0.2, 0) is 19.3 Å². The highest BCUT2D eigenvalue weighted by Gasteiger charge is 2.29. The second-order valence-corrected chi connectivity index (χ2v) is 7.23. The maximum atomic E-state index is 11.5. The molecule has 1 saturated heterocycles. The van der Waals surface area contributed by atoms with Crippen molar-refractivity contribution in [2.75, 3.05) is 24.7 Å². The molecule has 0 aromatic rings. The number of sulfone groups is 1. The third-order valence-corrected chi connectivity index (χ3v) is 3.63. The van der Waals surface area contributed by atoms with E-state index in [0.29, 0.717) is 6.61 Å². The van der Waals surface area contributed by atoms with Gasteiger partial charge in [-0.1, -0.05) is 0 Å². The van der Waals surface area contributed by atoms with Crippen LogP contribution in [0.1, 0.15) is 20.8 Å². The lowest BCUT2D eigenvalue weighted by molar-refractivity contribution is 0.0531. The van der Waals surface area contributed by atoms with Crippen LogP contribution in [0.4, 0.5) is 4.79 Å². The average Bonchev–Trinajstić information content (AvgIpc) is 2.82. The highest BCUT2D eigenvalue weighted by atomic mass is 32.2. The van der Waals surface area contributed by atoms with Gasteiger partial charge in [0.05, 0.1) is 24.2 Å². The average molecular weight is 265 g/mol. The van der Waals surface area contributed by atoms with Crippen LogP contribution in [0.25, 0.3) is 0 Å². The first-order valence-corrected chi connectivity index (χ1v) is 7.29. The Balaban J connectivity index is 2.20. The number of amides is 1. The van der Waals surface area contributed by atoms with Crippen molar-refractivity contribution in [3.05, 3.63) is 0 Å². The molecule has 0 aromatic carbocycles. The van der Waals surface area contributed by atoms with Crippen molar-refractivity contribution in [1.82, 2.24) is 5.32 Å². The van der Waals surface area contributed by atoms with Crippen molar-refractivity contribution in [2.45, 2.75) is 32.5 Å². The zero-order chi connectivity index (χ0) is 13.1. The summed E-state index contributed by atoms with van der Waals surface area (Å²) in [6.07, 6.45) is -0.753. The zero-order valence-corrected chi connectivity index (χ0v) is 11.2. The van der Waals surface area contributed by atoms with Gasteiger partial charge in [0.2, 0.25) is 0 Å². The molecule has 1 aliphatic rings. The smallest absolute Gasteiger partial charge is 0.407 e. The molecule has 1 amide bonds. The molecule has 0 aromatic heterocycles. The summed E-state index contributed by atoms with van der Waals surface area (Å²) in [5, 5.41) is 2.41. The lowest BCUT2D eigenvalue weighted by atomic mass is 10.2. The Morgan fingerprint density at radius 3 is 2.53 bits per heavy atom. The summed E-state index contributed by atoms with van der Waals surface area (Å²) in [6, 6.07) is 0. The van der Waals surface area contributed by atoms with E-state index in [1.165, 1.54) is 0 Å². The minimum Gasteiger partial charge on any atom is -0.444 e. The highest BCUT2D eigenvalue weighted by molar-refractivity contribution is 7.91. The fraction of sp³-hybridized carbons (Fsp3) is 0.900. The van der Waals surface area contributed by atoms with Gasteiger partial charge in [-0.3, -0.25) is 0 Å². The number of epoxide rings is 1. The van der Waals surface area contributed by atoms with E-state index in [1.54, 1.807) is 20.8 Å². The van der Waals surface area contributed by atoms with Crippen molar-refractivity contribution in [1.29, 1.82) is 0 Å². The number of hydrogen-bond acceptors (Lipinski definition) is 5. The van der Waals surface area contributed by atoms with Crippen LogP contribution in [0.2, 0.25) is 0 Å². The normalized spacial score (nSPS) is 19.8. The molecule has 0 bridgehead atoms. The summed E-state index contributed by atoms with van der Waals surface area (Å²) < 4.78 is 32.8. The fourth-order valence-electron chi connectivity index (χ4n) is 1.15. The predicted octanol–water partition coefficient (Wildman–Crippen LogP) is 0.325. The van der Waals surface area contributed by atoms with E-state index in [2.05, 4.69) is 5.32 Å². The fourth-order valence-corrected chi connectivity index (χ4v) is 2.49. The molecule has 0 spiro atoms. The molecule has 7 heteroatoms. The number of carbonyl (C=O) groups is 1. The first-order valence-electron chi connectivity index (χ1n) is 5.47. The quantitative estimate of drug-likeness (QED) is 0.724. The largest absolute Gasteiger partial charge is 0.444 e. The number of carbonyl (C=O) groups excluding carboxylic acids is 1. The van der Waals surface area contributed by atoms with Gasteiger partial charge >= 0.3 is 6.09 Å². The summed E-state index contributed by atoms with van der Waals surface area (Å²) in [7, 11) is -3.15. The molecular weight excluding hydrogens is 246 g/mol. The molecule has 1 atom stereocenters. The van der Waals surface area contributed by atoms with Gasteiger partial charge in [-0.05, 0) is 20.8 Å². The third kappa shape index (κ3) is 7.17. The highest BCUT2D eigenvalue weighted by Crippen LogP contribution is 2.11. The standard InChI is InChI=1S/C10H19NO5S/c1-10(2,3)16-9(12)11-4-5-17(13,14)7-8-6-15-8/h8H,4-7H2,1-3H3,(H,11,12). The molecule has 1 N–H and O–H groups in total. The molecule has 17 heavy (non-hydrogen) atoms. The van der Waals surface area contributed by atoms with Gasteiger partial charge < -0.3 is 14.8 Å². The Bertz CT molecular complexity index is 367. The summed E-state index contributed by atoms with van der Waals surface area (Å²) in [6.45, 7) is 5.80. The van der Waals surface area contributed by atoms with E-state index in [-0.39, 0.29) is 24.2 Å². The molecule has 1 rings (SSSR count). The second kappa shape index (κ2) is 5.22. The van der Waals surface area contributed by atoms with Crippen LogP contribution >= 0.6 is 0 Å². The minimum absolute atomic E-state index is 0.0308. The summed E-state index contributed by atoms with van der Waals surface area (Å²) in [5.41, 5.74) is -0.579. The van der Waals surface area contributed by atoms with E-state index in [4.69, 9.17) is 9.47 Å². The minimum atomic E-state index is -3.15. The molecule has 100 valence electrons. The molecule has 0 radical (unpaired) electrons. The molecule has 1 fully saturated rings. The number of rotatable bonds is 5. The van der Waals surface area contributed by atoms with E-state index >= 15 is 0 Å².